The summed E-state index contributed by atoms with van der Waals surface area (Å²) in [7, 11) is 0. The SMILES string of the molecule is CCCCCCCCCCCCCCCCCCOCCOCCOCCOCCOCCOCCCNC(=O)OCC1c2ccccc2-c2ccccc21. The summed E-state index contributed by atoms with van der Waals surface area (Å²) in [4.78, 5) is 12.3. The molecular formula is C46H75NO8. The highest BCUT2D eigenvalue weighted by Gasteiger charge is 2.28. The number of nitrogens with one attached hydrogen (secondary N) is 1. The van der Waals surface area contributed by atoms with Crippen molar-refractivity contribution in [3.05, 3.63) is 59.7 Å². The van der Waals surface area contributed by atoms with Gasteiger partial charge in [0.25, 0.3) is 0 Å². The molecule has 0 unspecified atom stereocenters. The number of ether oxygens (including phenoxy) is 7. The molecule has 0 aromatic heterocycles. The molecule has 0 bridgehead atoms. The lowest BCUT2D eigenvalue weighted by molar-refractivity contribution is -0.0169. The monoisotopic (exact) mass is 770 g/mol. The normalized spacial score (nSPS) is 12.2. The molecule has 0 aliphatic heterocycles. The number of carbonyl (C=O) groups is 1. The highest BCUT2D eigenvalue weighted by Crippen LogP contribution is 2.44. The molecule has 312 valence electrons. The van der Waals surface area contributed by atoms with Crippen molar-refractivity contribution in [2.24, 2.45) is 0 Å². The van der Waals surface area contributed by atoms with Gasteiger partial charge in [-0.1, -0.05) is 152 Å². The number of alkyl carbamates (subject to hydrolysis) is 1. The molecule has 1 amide bonds. The van der Waals surface area contributed by atoms with E-state index in [4.69, 9.17) is 33.2 Å². The van der Waals surface area contributed by atoms with Crippen LogP contribution in [0.4, 0.5) is 4.79 Å². The van der Waals surface area contributed by atoms with Gasteiger partial charge in [0.15, 0.2) is 0 Å². The number of hydrogen-bond donors (Lipinski definition) is 1. The standard InChI is InChI=1S/C46H75NO8/c1-2-3-4-5-6-7-8-9-10-11-12-13-14-15-16-21-28-49-30-32-51-34-36-53-38-39-54-37-35-52-33-31-50-29-22-27-47-46(48)55-40-45-43-25-19-17-23-41(43)42-24-18-20-26-44(42)45/h17-20,23-26,45H,2-16,21-22,27-40H2,1H3,(H,47,48). The first-order chi connectivity index (χ1) is 27.3. The topological polar surface area (TPSA) is 93.7 Å². The minimum Gasteiger partial charge on any atom is -0.449 e. The Bertz CT molecular complexity index is 1150. The van der Waals surface area contributed by atoms with E-state index in [1.165, 1.54) is 119 Å². The molecule has 2 aromatic rings. The first-order valence-electron chi connectivity index (χ1n) is 21.9. The summed E-state index contributed by atoms with van der Waals surface area (Å²) in [6, 6.07) is 16.6. The van der Waals surface area contributed by atoms with Gasteiger partial charge in [-0.25, -0.2) is 4.79 Å². The van der Waals surface area contributed by atoms with Crippen LogP contribution >= 0.6 is 0 Å². The van der Waals surface area contributed by atoms with Gasteiger partial charge in [0.2, 0.25) is 0 Å². The van der Waals surface area contributed by atoms with Crippen LogP contribution in [0, 0.1) is 0 Å². The Balaban J connectivity index is 0.941. The van der Waals surface area contributed by atoms with Crippen LogP contribution in [-0.2, 0) is 33.2 Å². The Morgan fingerprint density at radius 2 is 0.800 bits per heavy atom. The van der Waals surface area contributed by atoms with E-state index in [1.54, 1.807) is 0 Å². The van der Waals surface area contributed by atoms with Gasteiger partial charge in [0, 0.05) is 25.7 Å². The van der Waals surface area contributed by atoms with E-state index >= 15 is 0 Å². The van der Waals surface area contributed by atoms with Crippen molar-refractivity contribution in [3.8, 4) is 11.1 Å². The van der Waals surface area contributed by atoms with Crippen LogP contribution in [0.2, 0.25) is 0 Å². The summed E-state index contributed by atoms with van der Waals surface area (Å²) in [6.07, 6.45) is 22.5. The van der Waals surface area contributed by atoms with E-state index in [-0.39, 0.29) is 5.92 Å². The molecule has 3 rings (SSSR count). The van der Waals surface area contributed by atoms with E-state index < -0.39 is 6.09 Å². The zero-order valence-electron chi connectivity index (χ0n) is 34.4. The van der Waals surface area contributed by atoms with Crippen LogP contribution < -0.4 is 5.32 Å². The average molecular weight is 770 g/mol. The van der Waals surface area contributed by atoms with Gasteiger partial charge in [-0.2, -0.15) is 0 Å². The number of fused-ring (bicyclic) bond motifs is 3. The van der Waals surface area contributed by atoms with Gasteiger partial charge in [-0.15, -0.1) is 0 Å². The fraction of sp³-hybridized carbons (Fsp3) is 0.717. The van der Waals surface area contributed by atoms with Gasteiger partial charge in [-0.3, -0.25) is 0 Å². The molecule has 9 heteroatoms. The lowest BCUT2D eigenvalue weighted by atomic mass is 9.98. The van der Waals surface area contributed by atoms with E-state index in [0.29, 0.717) is 92.2 Å². The maximum Gasteiger partial charge on any atom is 0.407 e. The number of hydrogen-bond acceptors (Lipinski definition) is 8. The van der Waals surface area contributed by atoms with Crippen molar-refractivity contribution in [2.45, 2.75) is 122 Å². The van der Waals surface area contributed by atoms with Gasteiger partial charge < -0.3 is 38.5 Å². The zero-order valence-corrected chi connectivity index (χ0v) is 34.4. The van der Waals surface area contributed by atoms with Crippen LogP contribution in [0.5, 0.6) is 0 Å². The van der Waals surface area contributed by atoms with Gasteiger partial charge >= 0.3 is 6.09 Å². The molecule has 0 spiro atoms. The zero-order chi connectivity index (χ0) is 38.7. The van der Waals surface area contributed by atoms with Gasteiger partial charge in [-0.05, 0) is 35.1 Å². The summed E-state index contributed by atoms with van der Waals surface area (Å²) in [6.45, 7) is 9.92. The second-order valence-corrected chi connectivity index (χ2v) is 14.6. The highest BCUT2D eigenvalue weighted by atomic mass is 16.6. The molecule has 0 saturated heterocycles. The molecule has 0 fully saturated rings. The van der Waals surface area contributed by atoms with Crippen molar-refractivity contribution < 1.29 is 38.0 Å². The molecule has 0 heterocycles. The average Bonchev–Trinajstić information content (AvgIpc) is 3.53. The summed E-state index contributed by atoms with van der Waals surface area (Å²) in [5.74, 6) is 0.0596. The van der Waals surface area contributed by atoms with Crippen molar-refractivity contribution >= 4 is 6.09 Å². The molecule has 1 aliphatic rings. The molecule has 2 aromatic carbocycles. The van der Waals surface area contributed by atoms with Crippen molar-refractivity contribution in [1.29, 1.82) is 0 Å². The quantitative estimate of drug-likeness (QED) is 0.0675. The van der Waals surface area contributed by atoms with Gasteiger partial charge in [0.1, 0.15) is 6.61 Å². The first-order valence-corrected chi connectivity index (χ1v) is 21.9. The van der Waals surface area contributed by atoms with Crippen LogP contribution in [-0.4, -0.2) is 98.5 Å². The number of unbranched alkanes of at least 4 members (excludes halogenated alkanes) is 15. The van der Waals surface area contributed by atoms with E-state index in [1.807, 2.05) is 24.3 Å². The number of amides is 1. The van der Waals surface area contributed by atoms with E-state index in [2.05, 4.69) is 36.5 Å². The third-order valence-corrected chi connectivity index (χ3v) is 10.1. The number of rotatable bonds is 38. The second kappa shape index (κ2) is 33.6. The third kappa shape index (κ3) is 22.7. The first kappa shape index (κ1) is 46.8. The molecule has 9 nitrogen and oxygen atoms in total. The summed E-state index contributed by atoms with van der Waals surface area (Å²) in [5.41, 5.74) is 4.84. The molecule has 0 radical (unpaired) electrons. The van der Waals surface area contributed by atoms with Gasteiger partial charge in [0.05, 0.1) is 66.1 Å². The van der Waals surface area contributed by atoms with Crippen LogP contribution in [0.3, 0.4) is 0 Å². The second-order valence-electron chi connectivity index (χ2n) is 14.6. The van der Waals surface area contributed by atoms with E-state index in [9.17, 15) is 4.79 Å². The maximum absolute atomic E-state index is 12.3. The minimum absolute atomic E-state index is 0.0596. The number of benzene rings is 2. The Labute approximate surface area is 333 Å². The Morgan fingerprint density at radius 3 is 1.22 bits per heavy atom. The fourth-order valence-electron chi connectivity index (χ4n) is 6.97. The van der Waals surface area contributed by atoms with Crippen molar-refractivity contribution in [3.63, 3.8) is 0 Å². The number of carbonyl (C=O) groups excluding carboxylic acids is 1. The van der Waals surface area contributed by atoms with Crippen molar-refractivity contribution in [2.75, 3.05) is 92.4 Å². The predicted octanol–water partition coefficient (Wildman–Crippen LogP) is 10.3. The Kier molecular flexibility index (Phi) is 28.6. The summed E-state index contributed by atoms with van der Waals surface area (Å²) < 4.78 is 39.1. The molecule has 0 atom stereocenters. The molecule has 55 heavy (non-hydrogen) atoms. The van der Waals surface area contributed by atoms with Crippen molar-refractivity contribution in [1.82, 2.24) is 5.32 Å². The molecule has 1 N–H and O–H groups in total. The summed E-state index contributed by atoms with van der Waals surface area (Å²) in [5, 5.41) is 2.82. The van der Waals surface area contributed by atoms with Crippen LogP contribution in [0.25, 0.3) is 11.1 Å². The molecule has 1 aliphatic carbocycles. The van der Waals surface area contributed by atoms with Crippen LogP contribution in [0.15, 0.2) is 48.5 Å². The van der Waals surface area contributed by atoms with Crippen LogP contribution in [0.1, 0.15) is 133 Å². The highest BCUT2D eigenvalue weighted by molar-refractivity contribution is 5.79. The smallest absolute Gasteiger partial charge is 0.407 e. The minimum atomic E-state index is -0.403. The fourth-order valence-corrected chi connectivity index (χ4v) is 6.97. The maximum atomic E-state index is 12.3. The summed E-state index contributed by atoms with van der Waals surface area (Å²) >= 11 is 0. The largest absolute Gasteiger partial charge is 0.449 e. The lowest BCUT2D eigenvalue weighted by Crippen LogP contribution is -2.27. The van der Waals surface area contributed by atoms with E-state index in [0.717, 1.165) is 13.0 Å². The Morgan fingerprint density at radius 1 is 0.455 bits per heavy atom. The third-order valence-electron chi connectivity index (χ3n) is 10.1. The molecular weight excluding hydrogens is 695 g/mol. The molecule has 0 saturated carbocycles. The lowest BCUT2D eigenvalue weighted by Gasteiger charge is -2.14. The predicted molar refractivity (Wildman–Crippen MR) is 222 cm³/mol. The Hall–Kier alpha value is -2.53.